The third-order valence-corrected chi connectivity index (χ3v) is 3.61. The first kappa shape index (κ1) is 15.6. The molecule has 21 heavy (non-hydrogen) atoms. The summed E-state index contributed by atoms with van der Waals surface area (Å²) in [7, 11) is 1.64. The second kappa shape index (κ2) is 8.52. The van der Waals surface area contributed by atoms with Gasteiger partial charge in [0.1, 0.15) is 12.4 Å². The van der Waals surface area contributed by atoms with Gasteiger partial charge in [-0.1, -0.05) is 19.3 Å². The van der Waals surface area contributed by atoms with Gasteiger partial charge < -0.3 is 20.1 Å². The minimum Gasteiger partial charge on any atom is -0.491 e. The molecular formula is C16H24N2O3. The van der Waals surface area contributed by atoms with Crippen LogP contribution in [0.3, 0.4) is 0 Å². The van der Waals surface area contributed by atoms with E-state index in [1.54, 1.807) is 7.11 Å². The van der Waals surface area contributed by atoms with Crippen LogP contribution in [-0.2, 0) is 4.74 Å². The molecule has 2 amide bonds. The number of nitrogens with one attached hydrogen (secondary N) is 2. The van der Waals surface area contributed by atoms with Crippen LogP contribution in [0, 0.1) is 0 Å². The summed E-state index contributed by atoms with van der Waals surface area (Å²) in [4.78, 5) is 11.9. The van der Waals surface area contributed by atoms with Crippen molar-refractivity contribution in [2.24, 2.45) is 0 Å². The molecule has 0 unspecified atom stereocenters. The number of carbonyl (C=O) groups excluding carboxylic acids is 1. The Morgan fingerprint density at radius 2 is 1.86 bits per heavy atom. The Bertz CT molecular complexity index is 428. The molecule has 0 saturated heterocycles. The van der Waals surface area contributed by atoms with Gasteiger partial charge in [0.15, 0.2) is 0 Å². The van der Waals surface area contributed by atoms with Gasteiger partial charge in [0.2, 0.25) is 0 Å². The summed E-state index contributed by atoms with van der Waals surface area (Å²) in [5.74, 6) is 0.769. The summed E-state index contributed by atoms with van der Waals surface area (Å²) in [5, 5.41) is 5.88. The van der Waals surface area contributed by atoms with Crippen LogP contribution in [0.2, 0.25) is 0 Å². The Kier molecular flexibility index (Phi) is 6.34. The molecule has 0 aliphatic heterocycles. The summed E-state index contributed by atoms with van der Waals surface area (Å²) >= 11 is 0. The van der Waals surface area contributed by atoms with Gasteiger partial charge in [0.25, 0.3) is 0 Å². The number of ether oxygens (including phenoxy) is 2. The molecule has 1 aliphatic rings. The smallest absolute Gasteiger partial charge is 0.319 e. The Hall–Kier alpha value is -1.75. The van der Waals surface area contributed by atoms with Gasteiger partial charge in [-0.05, 0) is 37.1 Å². The predicted octanol–water partition coefficient (Wildman–Crippen LogP) is 3.17. The highest BCUT2D eigenvalue weighted by atomic mass is 16.5. The summed E-state index contributed by atoms with van der Waals surface area (Å²) < 4.78 is 10.4. The van der Waals surface area contributed by atoms with Crippen molar-refractivity contribution in [2.75, 3.05) is 25.6 Å². The summed E-state index contributed by atoms with van der Waals surface area (Å²) in [6, 6.07) is 7.54. The number of carbonyl (C=O) groups is 1. The van der Waals surface area contributed by atoms with E-state index in [0.717, 1.165) is 24.3 Å². The zero-order valence-corrected chi connectivity index (χ0v) is 12.6. The molecule has 5 nitrogen and oxygen atoms in total. The number of methoxy groups -OCH3 is 1. The molecule has 0 aromatic heterocycles. The van der Waals surface area contributed by atoms with Crippen molar-refractivity contribution in [3.8, 4) is 5.75 Å². The van der Waals surface area contributed by atoms with Gasteiger partial charge in [0.05, 0.1) is 6.61 Å². The number of hydrogen-bond donors (Lipinski definition) is 2. The van der Waals surface area contributed by atoms with Gasteiger partial charge in [-0.3, -0.25) is 0 Å². The summed E-state index contributed by atoms with van der Waals surface area (Å²) in [6.45, 7) is 1.08. The van der Waals surface area contributed by atoms with Crippen molar-refractivity contribution < 1.29 is 14.3 Å². The van der Waals surface area contributed by atoms with Crippen LogP contribution < -0.4 is 15.4 Å². The van der Waals surface area contributed by atoms with E-state index in [1.165, 1.54) is 19.3 Å². The molecule has 0 atom stereocenters. The topological polar surface area (TPSA) is 59.6 Å². The van der Waals surface area contributed by atoms with Crippen molar-refractivity contribution in [1.82, 2.24) is 5.32 Å². The lowest BCUT2D eigenvalue weighted by Crippen LogP contribution is -2.38. The molecule has 0 heterocycles. The highest BCUT2D eigenvalue weighted by Crippen LogP contribution is 2.18. The molecule has 1 aromatic rings. The van der Waals surface area contributed by atoms with E-state index in [9.17, 15) is 4.79 Å². The van der Waals surface area contributed by atoms with Gasteiger partial charge in [-0.2, -0.15) is 0 Å². The van der Waals surface area contributed by atoms with Gasteiger partial charge in [-0.15, -0.1) is 0 Å². The Morgan fingerprint density at radius 1 is 1.14 bits per heavy atom. The van der Waals surface area contributed by atoms with E-state index < -0.39 is 0 Å². The summed E-state index contributed by atoms with van der Waals surface area (Å²) in [6.07, 6.45) is 5.86. The number of urea groups is 1. The van der Waals surface area contributed by atoms with Crippen molar-refractivity contribution in [3.63, 3.8) is 0 Å². The molecule has 116 valence electrons. The van der Waals surface area contributed by atoms with Crippen LogP contribution in [0.15, 0.2) is 24.3 Å². The maximum absolute atomic E-state index is 11.9. The molecule has 1 saturated carbocycles. The average Bonchev–Trinajstić information content (AvgIpc) is 2.50. The Labute approximate surface area is 126 Å². The van der Waals surface area contributed by atoms with E-state index >= 15 is 0 Å². The van der Waals surface area contributed by atoms with Crippen LogP contribution in [0.5, 0.6) is 5.75 Å². The molecule has 2 rings (SSSR count). The normalized spacial score (nSPS) is 15.5. The Morgan fingerprint density at radius 3 is 2.52 bits per heavy atom. The SMILES string of the molecule is COCCOc1ccc(NC(=O)NC2CCCCC2)cc1. The first-order valence-electron chi connectivity index (χ1n) is 7.57. The standard InChI is InChI=1S/C16H24N2O3/c1-20-11-12-21-15-9-7-14(8-10-15)18-16(19)17-13-5-3-2-4-6-13/h7-10,13H,2-6,11-12H2,1H3,(H2,17,18,19). The monoisotopic (exact) mass is 292 g/mol. The minimum atomic E-state index is -0.130. The van der Waals surface area contributed by atoms with Gasteiger partial charge >= 0.3 is 6.03 Å². The fourth-order valence-electron chi connectivity index (χ4n) is 2.48. The zero-order valence-electron chi connectivity index (χ0n) is 12.6. The first-order chi connectivity index (χ1) is 10.3. The molecule has 0 radical (unpaired) electrons. The molecule has 5 heteroatoms. The minimum absolute atomic E-state index is 0.130. The predicted molar refractivity (Wildman–Crippen MR) is 82.8 cm³/mol. The first-order valence-corrected chi connectivity index (χ1v) is 7.57. The fraction of sp³-hybridized carbons (Fsp3) is 0.562. The van der Waals surface area contributed by atoms with Crippen molar-refractivity contribution in [1.29, 1.82) is 0 Å². The number of benzene rings is 1. The lowest BCUT2D eigenvalue weighted by molar-refractivity contribution is 0.146. The number of amides is 2. The maximum atomic E-state index is 11.9. The van der Waals surface area contributed by atoms with Crippen LogP contribution in [-0.4, -0.2) is 32.4 Å². The molecule has 1 aliphatic carbocycles. The van der Waals surface area contributed by atoms with E-state index in [4.69, 9.17) is 9.47 Å². The van der Waals surface area contributed by atoms with Gasteiger partial charge in [-0.25, -0.2) is 4.79 Å². The molecular weight excluding hydrogens is 268 g/mol. The van der Waals surface area contributed by atoms with Crippen LogP contribution >= 0.6 is 0 Å². The highest BCUT2D eigenvalue weighted by molar-refractivity contribution is 5.89. The van der Waals surface area contributed by atoms with Crippen molar-refractivity contribution in [2.45, 2.75) is 38.1 Å². The zero-order chi connectivity index (χ0) is 14.9. The van der Waals surface area contributed by atoms with E-state index in [1.807, 2.05) is 24.3 Å². The van der Waals surface area contributed by atoms with E-state index in [0.29, 0.717) is 19.3 Å². The summed E-state index contributed by atoms with van der Waals surface area (Å²) in [5.41, 5.74) is 0.766. The number of anilines is 1. The molecule has 0 bridgehead atoms. The third kappa shape index (κ3) is 5.63. The quantitative estimate of drug-likeness (QED) is 0.792. The largest absolute Gasteiger partial charge is 0.491 e. The lowest BCUT2D eigenvalue weighted by atomic mass is 9.96. The number of rotatable bonds is 6. The van der Waals surface area contributed by atoms with Gasteiger partial charge in [0, 0.05) is 18.8 Å². The van der Waals surface area contributed by atoms with Crippen LogP contribution in [0.25, 0.3) is 0 Å². The number of hydrogen-bond acceptors (Lipinski definition) is 3. The molecule has 2 N–H and O–H groups in total. The average molecular weight is 292 g/mol. The molecule has 0 spiro atoms. The van der Waals surface area contributed by atoms with E-state index in [-0.39, 0.29) is 6.03 Å². The van der Waals surface area contributed by atoms with Crippen molar-refractivity contribution in [3.05, 3.63) is 24.3 Å². The third-order valence-electron chi connectivity index (χ3n) is 3.61. The lowest BCUT2D eigenvalue weighted by Gasteiger charge is -2.22. The fourth-order valence-corrected chi connectivity index (χ4v) is 2.48. The highest BCUT2D eigenvalue weighted by Gasteiger charge is 2.15. The molecule has 1 aromatic carbocycles. The maximum Gasteiger partial charge on any atom is 0.319 e. The molecule has 1 fully saturated rings. The van der Waals surface area contributed by atoms with Crippen LogP contribution in [0.1, 0.15) is 32.1 Å². The van der Waals surface area contributed by atoms with E-state index in [2.05, 4.69) is 10.6 Å². The van der Waals surface area contributed by atoms with Crippen LogP contribution in [0.4, 0.5) is 10.5 Å². The second-order valence-corrected chi connectivity index (χ2v) is 5.30. The second-order valence-electron chi connectivity index (χ2n) is 5.30. The van der Waals surface area contributed by atoms with Crippen molar-refractivity contribution >= 4 is 11.7 Å². The Balaban J connectivity index is 1.75.